The van der Waals surface area contributed by atoms with Crippen molar-refractivity contribution in [2.24, 2.45) is 0 Å². The lowest BCUT2D eigenvalue weighted by atomic mass is 9.96. The van der Waals surface area contributed by atoms with Crippen molar-refractivity contribution in [3.05, 3.63) is 84.1 Å². The molecule has 5 nitrogen and oxygen atoms in total. The molecule has 0 saturated heterocycles. The van der Waals surface area contributed by atoms with Gasteiger partial charge in [-0.1, -0.05) is 58.8 Å². The SMILES string of the molecule is C=C/C=C(\C=C)C1CC(C(F)(F)P)n2ncc(C(=O)NCc3ccccc3C(F)(F)F)c2N1. The van der Waals surface area contributed by atoms with E-state index < -0.39 is 41.9 Å². The van der Waals surface area contributed by atoms with E-state index in [4.69, 9.17) is 0 Å². The molecule has 2 N–H and O–H groups in total. The molecule has 3 unspecified atom stereocenters. The van der Waals surface area contributed by atoms with Crippen molar-refractivity contribution in [3.63, 3.8) is 0 Å². The molecule has 1 aromatic carbocycles. The molecule has 1 aliphatic heterocycles. The summed E-state index contributed by atoms with van der Waals surface area (Å²) in [4.78, 5) is 12.8. The van der Waals surface area contributed by atoms with E-state index in [1.807, 2.05) is 0 Å². The van der Waals surface area contributed by atoms with Gasteiger partial charge in [0, 0.05) is 13.0 Å². The van der Waals surface area contributed by atoms with Gasteiger partial charge in [0.1, 0.15) is 17.4 Å². The van der Waals surface area contributed by atoms with Crippen LogP contribution in [0.15, 0.2) is 67.4 Å². The number of rotatable bonds is 7. The summed E-state index contributed by atoms with van der Waals surface area (Å²) < 4.78 is 69.4. The third-order valence-electron chi connectivity index (χ3n) is 5.26. The van der Waals surface area contributed by atoms with E-state index in [1.54, 1.807) is 6.08 Å². The molecule has 176 valence electrons. The number of hydrogen-bond acceptors (Lipinski definition) is 3. The second-order valence-corrected chi connectivity index (χ2v) is 8.19. The first-order valence-electron chi connectivity index (χ1n) is 9.86. The number of hydrogen-bond donors (Lipinski definition) is 2. The van der Waals surface area contributed by atoms with Crippen molar-refractivity contribution in [1.29, 1.82) is 0 Å². The summed E-state index contributed by atoms with van der Waals surface area (Å²) >= 11 is 0. The van der Waals surface area contributed by atoms with Crippen LogP contribution in [0, 0.1) is 0 Å². The Morgan fingerprint density at radius 3 is 2.58 bits per heavy atom. The van der Waals surface area contributed by atoms with Gasteiger partial charge in [-0.2, -0.15) is 18.3 Å². The average molecular weight is 484 g/mol. The maximum absolute atomic E-state index is 14.4. The van der Waals surface area contributed by atoms with E-state index in [9.17, 15) is 26.7 Å². The number of nitrogens with one attached hydrogen (secondary N) is 2. The molecule has 2 heterocycles. The Kier molecular flexibility index (Phi) is 7.07. The quantitative estimate of drug-likeness (QED) is 0.318. The number of carbonyl (C=O) groups excluding carboxylic acids is 1. The summed E-state index contributed by atoms with van der Waals surface area (Å²) in [7, 11) is 1.49. The lowest BCUT2D eigenvalue weighted by Gasteiger charge is -2.36. The van der Waals surface area contributed by atoms with Crippen molar-refractivity contribution in [2.75, 3.05) is 5.32 Å². The van der Waals surface area contributed by atoms with Crippen LogP contribution in [0.25, 0.3) is 0 Å². The van der Waals surface area contributed by atoms with Crippen LogP contribution in [0.1, 0.15) is 33.9 Å². The van der Waals surface area contributed by atoms with E-state index in [0.717, 1.165) is 16.9 Å². The van der Waals surface area contributed by atoms with Crippen LogP contribution < -0.4 is 10.6 Å². The standard InChI is InChI=1S/C22H22F5N4OP/c1-3-7-13(4-2)17-10-18(22(26,27)33)31-19(30-17)15(12-29-31)20(32)28-11-14-8-5-6-9-16(14)21(23,24)25/h3-9,12,17-18,30H,1-2,10-11,33H2,(H,28,32)/b13-7+. The summed E-state index contributed by atoms with van der Waals surface area (Å²) in [5.41, 5.74) is -3.70. The Morgan fingerprint density at radius 2 is 1.97 bits per heavy atom. The fourth-order valence-electron chi connectivity index (χ4n) is 3.68. The number of nitrogens with zero attached hydrogens (tertiary/aromatic N) is 2. The molecule has 1 aromatic heterocycles. The molecule has 0 aliphatic carbocycles. The number of aromatic nitrogens is 2. The van der Waals surface area contributed by atoms with Gasteiger partial charge in [-0.25, -0.2) is 13.5 Å². The van der Waals surface area contributed by atoms with Crippen molar-refractivity contribution in [1.82, 2.24) is 15.1 Å². The molecule has 3 atom stereocenters. The molecule has 0 bridgehead atoms. The summed E-state index contributed by atoms with van der Waals surface area (Å²) in [6, 6.07) is 2.86. The van der Waals surface area contributed by atoms with Crippen LogP contribution in [0.3, 0.4) is 0 Å². The zero-order chi connectivity index (χ0) is 24.4. The molecule has 0 saturated carbocycles. The minimum atomic E-state index is -4.58. The Bertz CT molecular complexity index is 1090. The van der Waals surface area contributed by atoms with Crippen molar-refractivity contribution in [2.45, 2.75) is 36.9 Å². The first-order chi connectivity index (χ1) is 15.5. The summed E-state index contributed by atoms with van der Waals surface area (Å²) in [6.45, 7) is 6.89. The minimum absolute atomic E-state index is 0.0387. The minimum Gasteiger partial charge on any atom is -0.363 e. The van der Waals surface area contributed by atoms with Crippen LogP contribution >= 0.6 is 9.24 Å². The van der Waals surface area contributed by atoms with Gasteiger partial charge in [0.25, 0.3) is 11.6 Å². The van der Waals surface area contributed by atoms with Gasteiger partial charge in [-0.3, -0.25) is 4.79 Å². The van der Waals surface area contributed by atoms with E-state index in [1.165, 1.54) is 39.6 Å². The van der Waals surface area contributed by atoms with Gasteiger partial charge in [-0.05, 0) is 17.2 Å². The molecule has 2 aromatic rings. The zero-order valence-corrected chi connectivity index (χ0v) is 18.5. The molecule has 0 fully saturated rings. The third-order valence-corrected chi connectivity index (χ3v) is 5.64. The molecule has 1 amide bonds. The number of halogens is 5. The van der Waals surface area contributed by atoms with Gasteiger partial charge in [0.05, 0.1) is 17.8 Å². The van der Waals surface area contributed by atoms with Gasteiger partial charge >= 0.3 is 6.18 Å². The average Bonchev–Trinajstić information content (AvgIpc) is 3.18. The largest absolute Gasteiger partial charge is 0.416 e. The Balaban J connectivity index is 1.91. The third kappa shape index (κ3) is 5.33. The first kappa shape index (κ1) is 24.6. The molecule has 3 rings (SSSR count). The van der Waals surface area contributed by atoms with Crippen molar-refractivity contribution < 1.29 is 26.7 Å². The summed E-state index contributed by atoms with van der Waals surface area (Å²) in [5.74, 6) is -0.711. The second kappa shape index (κ2) is 9.47. The van der Waals surface area contributed by atoms with Gasteiger partial charge in [0.2, 0.25) is 0 Å². The summed E-state index contributed by atoms with van der Waals surface area (Å²) in [5, 5.41) is 9.41. The van der Waals surface area contributed by atoms with Crippen molar-refractivity contribution in [3.8, 4) is 0 Å². The topological polar surface area (TPSA) is 59.0 Å². The molecule has 11 heteroatoms. The highest BCUT2D eigenvalue weighted by Crippen LogP contribution is 2.44. The normalized spacial score (nSPS) is 18.8. The smallest absolute Gasteiger partial charge is 0.363 e. The molecular formula is C22H22F5N4OP. The van der Waals surface area contributed by atoms with Crippen LogP contribution in [0.2, 0.25) is 0 Å². The van der Waals surface area contributed by atoms with Gasteiger partial charge in [0.15, 0.2) is 0 Å². The maximum atomic E-state index is 14.4. The van der Waals surface area contributed by atoms with Crippen LogP contribution in [0.4, 0.5) is 27.8 Å². The Morgan fingerprint density at radius 1 is 1.27 bits per heavy atom. The molecular weight excluding hydrogens is 462 g/mol. The molecule has 0 spiro atoms. The van der Waals surface area contributed by atoms with Crippen LogP contribution in [-0.4, -0.2) is 27.4 Å². The second-order valence-electron chi connectivity index (χ2n) is 7.42. The lowest BCUT2D eigenvalue weighted by molar-refractivity contribution is -0.138. The molecule has 0 radical (unpaired) electrons. The predicted molar refractivity (Wildman–Crippen MR) is 119 cm³/mol. The molecule has 1 aliphatic rings. The zero-order valence-electron chi connectivity index (χ0n) is 17.4. The van der Waals surface area contributed by atoms with Gasteiger partial charge in [-0.15, -0.1) is 0 Å². The van der Waals surface area contributed by atoms with E-state index in [0.29, 0.717) is 5.57 Å². The van der Waals surface area contributed by atoms with Gasteiger partial charge < -0.3 is 10.6 Å². The van der Waals surface area contributed by atoms with E-state index in [-0.39, 0.29) is 23.4 Å². The number of amides is 1. The summed E-state index contributed by atoms with van der Waals surface area (Å²) in [6.07, 6.45) is 1.09. The number of benzene rings is 1. The van der Waals surface area contributed by atoms with Crippen LogP contribution in [0.5, 0.6) is 0 Å². The van der Waals surface area contributed by atoms with E-state index >= 15 is 0 Å². The highest BCUT2D eigenvalue weighted by atomic mass is 31.0. The first-order valence-corrected chi connectivity index (χ1v) is 10.4. The van der Waals surface area contributed by atoms with Crippen LogP contribution in [-0.2, 0) is 12.7 Å². The highest BCUT2D eigenvalue weighted by Gasteiger charge is 2.43. The Hall–Kier alpha value is -3.00. The number of fused-ring (bicyclic) bond motifs is 1. The number of allylic oxidation sites excluding steroid dienone is 2. The number of anilines is 1. The molecule has 33 heavy (non-hydrogen) atoms. The van der Waals surface area contributed by atoms with Crippen molar-refractivity contribution >= 4 is 21.0 Å². The lowest BCUT2D eigenvalue weighted by Crippen LogP contribution is -2.40. The number of alkyl halides is 5. The fraction of sp³-hybridized carbons (Fsp3) is 0.273. The maximum Gasteiger partial charge on any atom is 0.416 e. The fourth-order valence-corrected chi connectivity index (χ4v) is 3.96. The number of carbonyl (C=O) groups is 1. The Labute approximate surface area is 189 Å². The van der Waals surface area contributed by atoms with E-state index in [2.05, 4.69) is 28.9 Å². The monoisotopic (exact) mass is 484 g/mol. The predicted octanol–water partition coefficient (Wildman–Crippen LogP) is 5.32. The highest BCUT2D eigenvalue weighted by molar-refractivity contribution is 7.18.